The van der Waals surface area contributed by atoms with E-state index < -0.39 is 4.92 Å². The van der Waals surface area contributed by atoms with Crippen LogP contribution in [0.1, 0.15) is 13.8 Å². The maximum Gasteiger partial charge on any atom is 0.273 e. The lowest BCUT2D eigenvalue weighted by Crippen LogP contribution is -1.91. The number of aromatic nitrogens is 1. The van der Waals surface area contributed by atoms with E-state index in [2.05, 4.69) is 4.98 Å². The van der Waals surface area contributed by atoms with Crippen LogP contribution in [-0.4, -0.2) is 17.0 Å². The average molecular weight is 260 g/mol. The fraction of sp³-hybridized carbons (Fsp3) is 0.214. The van der Waals surface area contributed by atoms with Crippen LogP contribution in [0.25, 0.3) is 11.1 Å². The van der Waals surface area contributed by atoms with E-state index in [1.165, 1.54) is 19.2 Å². The Morgan fingerprint density at radius 1 is 1.11 bits per heavy atom. The second-order valence-electron chi connectivity index (χ2n) is 3.41. The van der Waals surface area contributed by atoms with Gasteiger partial charge >= 0.3 is 0 Å². The van der Waals surface area contributed by atoms with Crippen molar-refractivity contribution < 1.29 is 9.66 Å². The van der Waals surface area contributed by atoms with E-state index in [0.29, 0.717) is 5.75 Å². The Balaban J connectivity index is 0.000000861. The number of nitro groups is 1. The van der Waals surface area contributed by atoms with Gasteiger partial charge in [-0.15, -0.1) is 0 Å². The lowest BCUT2D eigenvalue weighted by molar-refractivity contribution is -0.384. The fourth-order valence-electron chi connectivity index (χ4n) is 1.52. The number of methoxy groups -OCH3 is 1. The van der Waals surface area contributed by atoms with Gasteiger partial charge in [0.15, 0.2) is 0 Å². The first-order valence-electron chi connectivity index (χ1n) is 5.94. The Hall–Kier alpha value is -2.43. The van der Waals surface area contributed by atoms with Crippen molar-refractivity contribution in [2.75, 3.05) is 7.11 Å². The van der Waals surface area contributed by atoms with E-state index in [4.69, 9.17) is 4.74 Å². The number of hydrogen-bond acceptors (Lipinski definition) is 4. The Morgan fingerprint density at radius 2 is 1.74 bits per heavy atom. The van der Waals surface area contributed by atoms with Crippen LogP contribution in [0.5, 0.6) is 5.75 Å². The minimum atomic E-state index is -0.437. The van der Waals surface area contributed by atoms with Gasteiger partial charge in [0.05, 0.1) is 18.1 Å². The second kappa shape index (κ2) is 7.10. The van der Waals surface area contributed by atoms with Crippen molar-refractivity contribution in [1.82, 2.24) is 4.98 Å². The van der Waals surface area contributed by atoms with Gasteiger partial charge < -0.3 is 4.74 Å². The molecule has 1 aromatic carbocycles. The third-order valence-corrected chi connectivity index (χ3v) is 2.35. The first kappa shape index (κ1) is 14.6. The minimum absolute atomic E-state index is 0.0103. The van der Waals surface area contributed by atoms with Gasteiger partial charge in [-0.2, -0.15) is 0 Å². The molecule has 0 aliphatic carbocycles. The van der Waals surface area contributed by atoms with Crippen LogP contribution in [0.15, 0.2) is 42.7 Å². The van der Waals surface area contributed by atoms with E-state index in [0.717, 1.165) is 11.1 Å². The molecule has 1 heterocycles. The predicted octanol–water partition coefficient (Wildman–Crippen LogP) is 3.69. The third-order valence-electron chi connectivity index (χ3n) is 2.35. The Morgan fingerprint density at radius 3 is 2.26 bits per heavy atom. The van der Waals surface area contributed by atoms with Gasteiger partial charge in [-0.3, -0.25) is 15.1 Å². The van der Waals surface area contributed by atoms with Crippen LogP contribution in [0.2, 0.25) is 0 Å². The smallest absolute Gasteiger partial charge is 0.273 e. The molecule has 2 rings (SSSR count). The Labute approximate surface area is 112 Å². The highest BCUT2D eigenvalue weighted by molar-refractivity contribution is 5.67. The summed E-state index contributed by atoms with van der Waals surface area (Å²) in [6.45, 7) is 4.00. The molecule has 1 aromatic heterocycles. The first-order chi connectivity index (χ1) is 9.20. The van der Waals surface area contributed by atoms with Gasteiger partial charge in [-0.1, -0.05) is 13.8 Å². The zero-order chi connectivity index (χ0) is 14.3. The van der Waals surface area contributed by atoms with Gasteiger partial charge in [0, 0.05) is 18.5 Å². The highest BCUT2D eigenvalue weighted by Crippen LogP contribution is 2.29. The van der Waals surface area contributed by atoms with Gasteiger partial charge in [-0.05, 0) is 29.3 Å². The number of ether oxygens (including phenoxy) is 1. The summed E-state index contributed by atoms with van der Waals surface area (Å²) < 4.78 is 5.05. The molecule has 0 spiro atoms. The van der Waals surface area contributed by atoms with Crippen LogP contribution >= 0.6 is 0 Å². The van der Waals surface area contributed by atoms with Crippen molar-refractivity contribution in [2.24, 2.45) is 0 Å². The van der Waals surface area contributed by atoms with Crippen molar-refractivity contribution in [3.8, 4) is 16.9 Å². The molecule has 0 saturated heterocycles. The van der Waals surface area contributed by atoms with Crippen molar-refractivity contribution in [1.29, 1.82) is 0 Å². The van der Waals surface area contributed by atoms with Crippen LogP contribution in [-0.2, 0) is 0 Å². The molecule has 2 aromatic rings. The predicted molar refractivity (Wildman–Crippen MR) is 74.2 cm³/mol. The lowest BCUT2D eigenvalue weighted by atomic mass is 10.1. The molecular formula is C14H16N2O3. The van der Waals surface area contributed by atoms with E-state index in [1.807, 2.05) is 13.8 Å². The van der Waals surface area contributed by atoms with E-state index in [1.54, 1.807) is 30.6 Å². The molecule has 0 bridgehead atoms. The number of nitrogens with zero attached hydrogens (tertiary/aromatic N) is 2. The molecule has 100 valence electrons. The van der Waals surface area contributed by atoms with E-state index in [9.17, 15) is 10.1 Å². The molecule has 0 aliphatic heterocycles. The van der Waals surface area contributed by atoms with E-state index >= 15 is 0 Å². The van der Waals surface area contributed by atoms with Gasteiger partial charge in [0.2, 0.25) is 0 Å². The van der Waals surface area contributed by atoms with Crippen LogP contribution in [0.3, 0.4) is 0 Å². The molecular weight excluding hydrogens is 244 g/mol. The maximum absolute atomic E-state index is 10.8. The molecule has 0 atom stereocenters. The number of nitro benzene ring substituents is 1. The monoisotopic (exact) mass is 260 g/mol. The quantitative estimate of drug-likeness (QED) is 0.623. The molecule has 0 amide bonds. The number of rotatable bonds is 3. The van der Waals surface area contributed by atoms with Crippen LogP contribution in [0.4, 0.5) is 5.69 Å². The largest absolute Gasteiger partial charge is 0.496 e. The summed E-state index contributed by atoms with van der Waals surface area (Å²) in [7, 11) is 1.48. The summed E-state index contributed by atoms with van der Waals surface area (Å²) in [4.78, 5) is 14.3. The van der Waals surface area contributed by atoms with Crippen molar-refractivity contribution in [3.63, 3.8) is 0 Å². The fourth-order valence-corrected chi connectivity index (χ4v) is 1.52. The number of hydrogen-bond donors (Lipinski definition) is 0. The highest BCUT2D eigenvalue weighted by atomic mass is 16.6. The molecule has 0 unspecified atom stereocenters. The molecule has 0 radical (unpaired) electrons. The number of non-ortho nitro benzene ring substituents is 1. The first-order valence-corrected chi connectivity index (χ1v) is 5.94. The summed E-state index contributed by atoms with van der Waals surface area (Å²) in [5.74, 6) is 0.464. The molecule has 0 fully saturated rings. The normalized spacial score (nSPS) is 9.21. The van der Waals surface area contributed by atoms with Gasteiger partial charge in [-0.25, -0.2) is 0 Å². The Bertz CT molecular complexity index is 542. The van der Waals surface area contributed by atoms with Crippen LogP contribution < -0.4 is 4.74 Å². The average Bonchev–Trinajstić information content (AvgIpc) is 2.49. The summed E-state index contributed by atoms with van der Waals surface area (Å²) in [5.41, 5.74) is 1.61. The highest BCUT2D eigenvalue weighted by Gasteiger charge is 2.11. The summed E-state index contributed by atoms with van der Waals surface area (Å²) in [5, 5.41) is 10.8. The SMILES string of the molecule is CC.COc1cc(-c2ccncc2)cc([N+](=O)[O-])c1. The lowest BCUT2D eigenvalue weighted by Gasteiger charge is -2.04. The summed E-state index contributed by atoms with van der Waals surface area (Å²) in [6.07, 6.45) is 3.28. The number of pyridine rings is 1. The zero-order valence-corrected chi connectivity index (χ0v) is 11.2. The number of benzene rings is 1. The molecule has 5 nitrogen and oxygen atoms in total. The van der Waals surface area contributed by atoms with Crippen molar-refractivity contribution >= 4 is 5.69 Å². The van der Waals surface area contributed by atoms with Gasteiger partial charge in [0.25, 0.3) is 5.69 Å². The molecule has 5 heteroatoms. The molecule has 0 aliphatic rings. The van der Waals surface area contributed by atoms with Crippen LogP contribution in [0, 0.1) is 10.1 Å². The molecule has 19 heavy (non-hydrogen) atoms. The topological polar surface area (TPSA) is 65.3 Å². The van der Waals surface area contributed by atoms with Crippen molar-refractivity contribution in [2.45, 2.75) is 13.8 Å². The third kappa shape index (κ3) is 3.77. The summed E-state index contributed by atoms with van der Waals surface area (Å²) >= 11 is 0. The zero-order valence-electron chi connectivity index (χ0n) is 11.2. The second-order valence-corrected chi connectivity index (χ2v) is 3.41. The molecule has 0 saturated carbocycles. The van der Waals surface area contributed by atoms with E-state index in [-0.39, 0.29) is 5.69 Å². The van der Waals surface area contributed by atoms with Gasteiger partial charge in [0.1, 0.15) is 5.75 Å². The standard InChI is InChI=1S/C12H10N2O3.C2H6/c1-17-12-7-10(6-11(8-12)14(15)16)9-2-4-13-5-3-9;1-2/h2-8H,1H3;1-2H3. The Kier molecular flexibility index (Phi) is 5.47. The summed E-state index contributed by atoms with van der Waals surface area (Å²) in [6, 6.07) is 8.24. The molecule has 0 N–H and O–H groups in total. The maximum atomic E-state index is 10.8. The van der Waals surface area contributed by atoms with Crippen molar-refractivity contribution in [3.05, 3.63) is 52.8 Å². The minimum Gasteiger partial charge on any atom is -0.496 e.